The molecule has 10 nitrogen and oxygen atoms in total. The Morgan fingerprint density at radius 2 is 1.44 bits per heavy atom. The highest BCUT2D eigenvalue weighted by molar-refractivity contribution is 6.02. The molecule has 1 aromatic heterocycles. The molecule has 4 rings (SSSR count). The van der Waals surface area contributed by atoms with Crippen molar-refractivity contribution in [2.75, 3.05) is 36.5 Å². The number of benzene rings is 3. The molecule has 0 spiro atoms. The number of hydrogen-bond acceptors (Lipinski definition) is 6. The van der Waals surface area contributed by atoms with Gasteiger partial charge in [-0.05, 0) is 55.8 Å². The van der Waals surface area contributed by atoms with Crippen LogP contribution in [0.25, 0.3) is 11.0 Å². The van der Waals surface area contributed by atoms with Crippen molar-refractivity contribution in [1.82, 2.24) is 9.55 Å². The first-order valence-electron chi connectivity index (χ1n) is 13.6. The van der Waals surface area contributed by atoms with E-state index in [0.717, 1.165) is 30.8 Å². The molecule has 0 saturated heterocycles. The number of nitrogens with zero attached hydrogens (tertiary/aromatic N) is 3. The molecule has 2 amide bonds. The molecule has 0 aliphatic rings. The Kier molecular flexibility index (Phi) is 9.59. The third-order valence-electron chi connectivity index (χ3n) is 7.23. The number of nitrogens with two attached hydrogens (primary N) is 1. The van der Waals surface area contributed by atoms with Crippen LogP contribution < -0.4 is 21.2 Å². The first kappa shape index (κ1) is 32.7. The van der Waals surface area contributed by atoms with Crippen molar-refractivity contribution in [3.05, 3.63) is 92.7 Å². The summed E-state index contributed by atoms with van der Waals surface area (Å²) >= 11 is 0. The Bertz CT molecular complexity index is 1820. The number of amides is 2. The molecule has 3 N–H and O–H groups in total. The monoisotopic (exact) mass is 633 g/mol. The molecule has 0 aliphatic carbocycles. The normalized spacial score (nSPS) is 11.1. The van der Waals surface area contributed by atoms with Gasteiger partial charge in [-0.1, -0.05) is 0 Å². The van der Waals surface area contributed by atoms with Crippen molar-refractivity contribution in [3.8, 4) is 0 Å². The fourth-order valence-corrected chi connectivity index (χ4v) is 5.03. The number of esters is 1. The number of primary amides is 1. The minimum Gasteiger partial charge on any atom is -0.465 e. The van der Waals surface area contributed by atoms with E-state index in [1.165, 1.54) is 12.1 Å². The number of carbonyl (C=O) groups is 3. The fourth-order valence-electron chi connectivity index (χ4n) is 5.03. The average Bonchev–Trinajstić information content (AvgIpc) is 3.34. The number of anilines is 2. The second-order valence-corrected chi connectivity index (χ2v) is 9.90. The fraction of sp³-hybridized carbons (Fsp3) is 0.267. The Hall–Kier alpha value is -5.21. The zero-order valence-corrected chi connectivity index (χ0v) is 24.3. The molecular weight excluding hydrogens is 605 g/mol. The molecule has 45 heavy (non-hydrogen) atoms. The summed E-state index contributed by atoms with van der Waals surface area (Å²) in [7, 11) is 1.09. The Morgan fingerprint density at radius 3 is 1.98 bits per heavy atom. The van der Waals surface area contributed by atoms with Gasteiger partial charge in [0.15, 0.2) is 23.3 Å². The van der Waals surface area contributed by atoms with Gasteiger partial charge in [-0.15, -0.1) is 0 Å². The smallest absolute Gasteiger partial charge is 0.337 e. The highest BCUT2D eigenvalue weighted by Gasteiger charge is 2.28. The molecule has 0 aliphatic heterocycles. The van der Waals surface area contributed by atoms with Crippen LogP contribution in [0.4, 0.5) is 33.3 Å². The third-order valence-corrected chi connectivity index (χ3v) is 7.23. The Labute approximate surface area is 252 Å². The number of hydrogen-bond donors (Lipinski definition) is 2. The van der Waals surface area contributed by atoms with Gasteiger partial charge in [0.2, 0.25) is 17.6 Å². The first-order valence-corrected chi connectivity index (χ1v) is 13.6. The number of ether oxygens (including phenoxy) is 1. The number of methoxy groups -OCH3 is 1. The van der Waals surface area contributed by atoms with Crippen LogP contribution in [0.3, 0.4) is 0 Å². The first-order chi connectivity index (χ1) is 21.3. The van der Waals surface area contributed by atoms with E-state index in [2.05, 4.69) is 9.88 Å². The van der Waals surface area contributed by atoms with Crippen LogP contribution in [-0.4, -0.2) is 54.1 Å². The summed E-state index contributed by atoms with van der Waals surface area (Å²) in [5.41, 5.74) is 3.79. The third kappa shape index (κ3) is 6.37. The minimum atomic E-state index is -2.37. The number of rotatable bonds is 11. The summed E-state index contributed by atoms with van der Waals surface area (Å²) in [4.78, 5) is 56.5. The molecule has 0 bridgehead atoms. The highest BCUT2D eigenvalue weighted by Crippen LogP contribution is 2.28. The van der Waals surface area contributed by atoms with Gasteiger partial charge in [0.05, 0.1) is 36.7 Å². The molecule has 0 saturated carbocycles. The minimum absolute atomic E-state index is 0.0608. The van der Waals surface area contributed by atoms with Crippen LogP contribution in [0.15, 0.2) is 41.2 Å². The van der Waals surface area contributed by atoms with E-state index in [0.29, 0.717) is 10.3 Å². The predicted octanol–water partition coefficient (Wildman–Crippen LogP) is 3.77. The number of H-pyrrole nitrogens is 1. The standard InChI is InChI=1S/C30H28F5N5O5/c1-4-38(5-2)17-6-8-18(9-7-17)39(14-21(36)41)22(42)12-15-10-16(29(43)45-3)11-20-28(15)40(30(44)37-20)13-19-23(31)25(33)27(35)26(34)24(19)32/h6-11H,4-5,12-14H2,1-3H3,(H2,36,41)(H,37,44). The number of halogens is 5. The van der Waals surface area contributed by atoms with Crippen molar-refractivity contribution >= 4 is 40.2 Å². The molecule has 0 atom stereocenters. The second kappa shape index (κ2) is 13.2. The summed E-state index contributed by atoms with van der Waals surface area (Å²) in [6.07, 6.45) is -0.596. The van der Waals surface area contributed by atoms with Crippen LogP contribution in [0.5, 0.6) is 0 Å². The van der Waals surface area contributed by atoms with Crippen LogP contribution >= 0.6 is 0 Å². The van der Waals surface area contributed by atoms with Gasteiger partial charge in [-0.25, -0.2) is 31.5 Å². The highest BCUT2D eigenvalue weighted by atomic mass is 19.2. The molecule has 238 valence electrons. The molecule has 0 unspecified atom stereocenters. The van der Waals surface area contributed by atoms with Crippen LogP contribution in [0.2, 0.25) is 0 Å². The summed E-state index contributed by atoms with van der Waals surface area (Å²) in [6, 6.07) is 9.04. The lowest BCUT2D eigenvalue weighted by atomic mass is 10.0. The van der Waals surface area contributed by atoms with Crippen molar-refractivity contribution in [2.45, 2.75) is 26.8 Å². The van der Waals surface area contributed by atoms with E-state index in [1.807, 2.05) is 13.8 Å². The van der Waals surface area contributed by atoms with E-state index >= 15 is 0 Å². The lowest BCUT2D eigenvalue weighted by Gasteiger charge is -2.25. The largest absolute Gasteiger partial charge is 0.465 e. The maximum Gasteiger partial charge on any atom is 0.337 e. The number of aromatic amines is 1. The van der Waals surface area contributed by atoms with E-state index in [-0.39, 0.29) is 22.2 Å². The number of imidazole rings is 1. The van der Waals surface area contributed by atoms with Crippen molar-refractivity contribution < 1.29 is 41.1 Å². The van der Waals surface area contributed by atoms with Crippen molar-refractivity contribution in [3.63, 3.8) is 0 Å². The van der Waals surface area contributed by atoms with Gasteiger partial charge >= 0.3 is 11.7 Å². The maximum atomic E-state index is 14.6. The van der Waals surface area contributed by atoms with Crippen molar-refractivity contribution in [2.24, 2.45) is 5.73 Å². The number of aromatic nitrogens is 2. The summed E-state index contributed by atoms with van der Waals surface area (Å²) < 4.78 is 76.1. The maximum absolute atomic E-state index is 14.6. The van der Waals surface area contributed by atoms with Gasteiger partial charge < -0.3 is 25.3 Å². The summed E-state index contributed by atoms with van der Waals surface area (Å²) in [5.74, 6) is -13.5. The molecule has 1 heterocycles. The van der Waals surface area contributed by atoms with E-state index in [1.54, 1.807) is 24.3 Å². The summed E-state index contributed by atoms with van der Waals surface area (Å²) in [6.45, 7) is 3.70. The lowest BCUT2D eigenvalue weighted by molar-refractivity contribution is -0.122. The summed E-state index contributed by atoms with van der Waals surface area (Å²) in [5, 5.41) is 0. The predicted molar refractivity (Wildman–Crippen MR) is 154 cm³/mol. The molecule has 15 heteroatoms. The number of fused-ring (bicyclic) bond motifs is 1. The van der Waals surface area contributed by atoms with E-state index in [4.69, 9.17) is 10.5 Å². The quantitative estimate of drug-likeness (QED) is 0.112. The van der Waals surface area contributed by atoms with Crippen LogP contribution in [-0.2, 0) is 27.3 Å². The average molecular weight is 634 g/mol. The van der Waals surface area contributed by atoms with Gasteiger partial charge in [-0.3, -0.25) is 14.2 Å². The molecule has 0 fully saturated rings. The zero-order chi connectivity index (χ0) is 33.2. The SMILES string of the molecule is CCN(CC)c1ccc(N(CC(N)=O)C(=O)Cc2cc(C(=O)OC)cc3[nH]c(=O)n(Cc4c(F)c(F)c(F)c(F)c4F)c23)cc1. The Morgan fingerprint density at radius 1 is 0.889 bits per heavy atom. The van der Waals surface area contributed by atoms with Gasteiger partial charge in [-0.2, -0.15) is 0 Å². The molecule has 0 radical (unpaired) electrons. The zero-order valence-electron chi connectivity index (χ0n) is 24.3. The molecule has 3 aromatic carbocycles. The molecular formula is C30H28F5N5O5. The van der Waals surface area contributed by atoms with Crippen LogP contribution in [0.1, 0.15) is 35.3 Å². The second-order valence-electron chi connectivity index (χ2n) is 9.90. The number of nitrogens with one attached hydrogen (secondary N) is 1. The van der Waals surface area contributed by atoms with Gasteiger partial charge in [0.25, 0.3) is 0 Å². The topological polar surface area (TPSA) is 131 Å². The van der Waals surface area contributed by atoms with Gasteiger partial charge in [0, 0.05) is 30.0 Å². The van der Waals surface area contributed by atoms with E-state index in [9.17, 15) is 41.1 Å². The van der Waals surface area contributed by atoms with Crippen LogP contribution in [0, 0.1) is 29.1 Å². The van der Waals surface area contributed by atoms with Gasteiger partial charge in [0.1, 0.15) is 6.54 Å². The van der Waals surface area contributed by atoms with E-state index < -0.39 is 77.6 Å². The van der Waals surface area contributed by atoms with Crippen molar-refractivity contribution in [1.29, 1.82) is 0 Å². The molecule has 4 aromatic rings. The number of carbonyl (C=O) groups excluding carboxylic acids is 3. The Balaban J connectivity index is 1.84. The lowest BCUT2D eigenvalue weighted by Crippen LogP contribution is -2.39.